The number of carbonyl (C=O) groups excluding carboxylic acids is 1. The minimum absolute atomic E-state index is 0.0506. The highest BCUT2D eigenvalue weighted by molar-refractivity contribution is 5.87. The quantitative estimate of drug-likeness (QED) is 0.796. The second-order valence-corrected chi connectivity index (χ2v) is 4.11. The van der Waals surface area contributed by atoms with Gasteiger partial charge >= 0.3 is 0 Å². The number of phenols is 1. The zero-order valence-corrected chi connectivity index (χ0v) is 9.90. The van der Waals surface area contributed by atoms with Gasteiger partial charge in [0.25, 0.3) is 0 Å². The summed E-state index contributed by atoms with van der Waals surface area (Å²) in [5.41, 5.74) is 4.24. The first-order valence-electron chi connectivity index (χ1n) is 5.49. The van der Waals surface area contributed by atoms with Crippen molar-refractivity contribution in [1.82, 2.24) is 0 Å². The first-order valence-corrected chi connectivity index (χ1v) is 5.49. The van der Waals surface area contributed by atoms with Gasteiger partial charge < -0.3 is 5.11 Å². The molecular weight excluding hydrogens is 212 g/mol. The smallest absolute Gasteiger partial charge is 0.154 e. The highest BCUT2D eigenvalue weighted by Crippen LogP contribution is 2.33. The lowest BCUT2D eigenvalue weighted by molar-refractivity contribution is 0.112. The van der Waals surface area contributed by atoms with Crippen molar-refractivity contribution >= 4 is 6.29 Å². The number of hydrogen-bond donors (Lipinski definition) is 1. The van der Waals surface area contributed by atoms with E-state index in [1.165, 1.54) is 0 Å². The van der Waals surface area contributed by atoms with E-state index in [0.29, 0.717) is 11.8 Å². The van der Waals surface area contributed by atoms with E-state index < -0.39 is 0 Å². The topological polar surface area (TPSA) is 37.3 Å². The van der Waals surface area contributed by atoms with Gasteiger partial charge in [-0.05, 0) is 42.2 Å². The first kappa shape index (κ1) is 11.4. The Morgan fingerprint density at radius 3 is 2.35 bits per heavy atom. The maximum Gasteiger partial charge on any atom is 0.154 e. The summed E-state index contributed by atoms with van der Waals surface area (Å²) in [5, 5.41) is 9.71. The zero-order chi connectivity index (χ0) is 12.4. The molecule has 0 saturated heterocycles. The summed E-state index contributed by atoms with van der Waals surface area (Å²) in [7, 11) is 0. The molecule has 0 spiro atoms. The third-order valence-electron chi connectivity index (χ3n) is 2.98. The van der Waals surface area contributed by atoms with E-state index in [1.807, 2.05) is 44.2 Å². The molecule has 17 heavy (non-hydrogen) atoms. The van der Waals surface area contributed by atoms with Crippen LogP contribution in [-0.4, -0.2) is 11.4 Å². The van der Waals surface area contributed by atoms with E-state index in [-0.39, 0.29) is 5.75 Å². The van der Waals surface area contributed by atoms with Gasteiger partial charge in [0.15, 0.2) is 6.29 Å². The Bertz CT molecular complexity index is 557. The number of hydrogen-bond acceptors (Lipinski definition) is 2. The molecule has 2 heteroatoms. The molecular formula is C15H14O2. The van der Waals surface area contributed by atoms with Crippen LogP contribution in [0.15, 0.2) is 36.4 Å². The van der Waals surface area contributed by atoms with Gasteiger partial charge in [-0.2, -0.15) is 0 Å². The van der Waals surface area contributed by atoms with E-state index in [1.54, 1.807) is 6.07 Å². The molecule has 0 unspecified atom stereocenters. The van der Waals surface area contributed by atoms with E-state index in [0.717, 1.165) is 22.3 Å². The molecule has 2 rings (SSSR count). The molecule has 0 aliphatic carbocycles. The number of rotatable bonds is 2. The minimum atomic E-state index is 0.0506. The summed E-state index contributed by atoms with van der Waals surface area (Å²) in [6, 6.07) is 11.5. The van der Waals surface area contributed by atoms with Crippen LogP contribution in [0, 0.1) is 13.8 Å². The van der Waals surface area contributed by atoms with Crippen LogP contribution in [0.25, 0.3) is 11.1 Å². The highest BCUT2D eigenvalue weighted by atomic mass is 16.3. The second-order valence-electron chi connectivity index (χ2n) is 4.11. The Kier molecular flexibility index (Phi) is 2.96. The fraction of sp³-hybridized carbons (Fsp3) is 0.133. The van der Waals surface area contributed by atoms with Gasteiger partial charge in [0, 0.05) is 0 Å². The van der Waals surface area contributed by atoms with Crippen molar-refractivity contribution in [3.05, 3.63) is 53.1 Å². The zero-order valence-electron chi connectivity index (χ0n) is 9.90. The summed E-state index contributed by atoms with van der Waals surface area (Å²) in [5.74, 6) is 0.0506. The van der Waals surface area contributed by atoms with E-state index in [2.05, 4.69) is 0 Å². The first-order chi connectivity index (χ1) is 8.15. The fourth-order valence-electron chi connectivity index (χ4n) is 2.18. The van der Waals surface area contributed by atoms with Crippen LogP contribution in [-0.2, 0) is 0 Å². The van der Waals surface area contributed by atoms with Crippen LogP contribution in [0.3, 0.4) is 0 Å². The van der Waals surface area contributed by atoms with Crippen molar-refractivity contribution in [2.75, 3.05) is 0 Å². The molecule has 0 aliphatic rings. The summed E-state index contributed by atoms with van der Waals surface area (Å²) >= 11 is 0. The van der Waals surface area contributed by atoms with Crippen LogP contribution in [0.1, 0.15) is 21.5 Å². The fourth-order valence-corrected chi connectivity index (χ4v) is 2.18. The van der Waals surface area contributed by atoms with E-state index in [9.17, 15) is 9.90 Å². The maximum atomic E-state index is 11.0. The third-order valence-corrected chi connectivity index (χ3v) is 2.98. The van der Waals surface area contributed by atoms with Gasteiger partial charge in [0.2, 0.25) is 0 Å². The molecule has 2 aromatic carbocycles. The van der Waals surface area contributed by atoms with Crippen molar-refractivity contribution in [3.8, 4) is 16.9 Å². The molecule has 0 aromatic heterocycles. The lowest BCUT2D eigenvalue weighted by Crippen LogP contribution is -1.95. The SMILES string of the molecule is Cc1cc(O)c(C=O)c(C)c1-c1ccccc1. The van der Waals surface area contributed by atoms with Crippen molar-refractivity contribution in [2.24, 2.45) is 0 Å². The summed E-state index contributed by atoms with van der Waals surface area (Å²) < 4.78 is 0. The molecule has 86 valence electrons. The lowest BCUT2D eigenvalue weighted by Gasteiger charge is -2.13. The second kappa shape index (κ2) is 4.42. The van der Waals surface area contributed by atoms with Crippen LogP contribution in [0.2, 0.25) is 0 Å². The van der Waals surface area contributed by atoms with Crippen molar-refractivity contribution in [3.63, 3.8) is 0 Å². The van der Waals surface area contributed by atoms with E-state index >= 15 is 0 Å². The monoisotopic (exact) mass is 226 g/mol. The number of carbonyl (C=O) groups is 1. The lowest BCUT2D eigenvalue weighted by atomic mass is 9.92. The molecule has 1 N–H and O–H groups in total. The summed E-state index contributed by atoms with van der Waals surface area (Å²) in [6.45, 7) is 3.79. The molecule has 0 amide bonds. The molecule has 0 aliphatic heterocycles. The third kappa shape index (κ3) is 1.94. The molecule has 2 nitrogen and oxygen atoms in total. The molecule has 0 atom stereocenters. The van der Waals surface area contributed by atoms with Gasteiger partial charge in [-0.1, -0.05) is 30.3 Å². The van der Waals surface area contributed by atoms with Crippen LogP contribution < -0.4 is 0 Å². The highest BCUT2D eigenvalue weighted by Gasteiger charge is 2.13. The molecule has 0 saturated carbocycles. The van der Waals surface area contributed by atoms with Crippen LogP contribution >= 0.6 is 0 Å². The predicted octanol–water partition coefficient (Wildman–Crippen LogP) is 3.49. The average molecular weight is 226 g/mol. The molecule has 0 radical (unpaired) electrons. The van der Waals surface area contributed by atoms with Gasteiger partial charge in [-0.15, -0.1) is 0 Å². The molecule has 0 heterocycles. The van der Waals surface area contributed by atoms with Gasteiger partial charge in [0.05, 0.1) is 5.56 Å². The standard InChI is InChI=1S/C15H14O2/c1-10-8-14(17)13(9-16)11(2)15(10)12-6-4-3-5-7-12/h3-9,17H,1-2H3. The average Bonchev–Trinajstić information content (AvgIpc) is 2.30. The summed E-state index contributed by atoms with van der Waals surface area (Å²) in [6.07, 6.45) is 0.705. The van der Waals surface area contributed by atoms with Crippen molar-refractivity contribution in [1.29, 1.82) is 0 Å². The van der Waals surface area contributed by atoms with Crippen LogP contribution in [0.4, 0.5) is 0 Å². The van der Waals surface area contributed by atoms with Gasteiger partial charge in [-0.3, -0.25) is 4.79 Å². The number of benzene rings is 2. The van der Waals surface area contributed by atoms with Crippen molar-refractivity contribution in [2.45, 2.75) is 13.8 Å². The molecule has 2 aromatic rings. The Hall–Kier alpha value is -2.09. The predicted molar refractivity (Wildman–Crippen MR) is 68.4 cm³/mol. The van der Waals surface area contributed by atoms with Crippen molar-refractivity contribution < 1.29 is 9.90 Å². The van der Waals surface area contributed by atoms with Gasteiger partial charge in [0.1, 0.15) is 5.75 Å². The maximum absolute atomic E-state index is 11.0. The van der Waals surface area contributed by atoms with E-state index in [4.69, 9.17) is 0 Å². The normalized spacial score (nSPS) is 10.2. The molecule has 0 bridgehead atoms. The number of aldehydes is 1. The Labute approximate surface area is 101 Å². The van der Waals surface area contributed by atoms with Gasteiger partial charge in [-0.25, -0.2) is 0 Å². The minimum Gasteiger partial charge on any atom is -0.507 e. The number of phenolic OH excluding ortho intramolecular Hbond substituents is 1. The number of aryl methyl sites for hydroxylation is 1. The Morgan fingerprint density at radius 2 is 1.76 bits per heavy atom. The molecule has 0 fully saturated rings. The Balaban J connectivity index is 2.74. The summed E-state index contributed by atoms with van der Waals surface area (Å²) in [4.78, 5) is 11.0. The Morgan fingerprint density at radius 1 is 1.12 bits per heavy atom. The number of aromatic hydroxyl groups is 1. The van der Waals surface area contributed by atoms with Crippen LogP contribution in [0.5, 0.6) is 5.75 Å². The largest absolute Gasteiger partial charge is 0.507 e.